The van der Waals surface area contributed by atoms with Gasteiger partial charge in [-0.05, 0) is 53.6 Å². The Kier molecular flexibility index (Phi) is 4.89. The molecule has 5 heteroatoms. The molecule has 0 radical (unpaired) electrons. The fourth-order valence-corrected chi connectivity index (χ4v) is 7.86. The minimum atomic E-state index is -0.296. The highest BCUT2D eigenvalue weighted by Crippen LogP contribution is 2.44. The minimum Gasteiger partial charge on any atom is -0.551 e. The van der Waals surface area contributed by atoms with Crippen LogP contribution in [0.2, 0.25) is 0 Å². The van der Waals surface area contributed by atoms with Gasteiger partial charge in [0.2, 0.25) is 0 Å². The van der Waals surface area contributed by atoms with Crippen LogP contribution in [-0.4, -0.2) is 11.5 Å². The summed E-state index contributed by atoms with van der Waals surface area (Å²) in [5.74, 6) is 2.50. The third-order valence-electron chi connectivity index (χ3n) is 9.90. The van der Waals surface area contributed by atoms with Gasteiger partial charge in [-0.25, -0.2) is 0 Å². The molecule has 0 saturated heterocycles. The van der Waals surface area contributed by atoms with Gasteiger partial charge in [0.25, 0.3) is 0 Å². The molecule has 0 saturated carbocycles. The molecule has 0 fully saturated rings. The third-order valence-corrected chi connectivity index (χ3v) is 9.90. The van der Waals surface area contributed by atoms with Crippen LogP contribution in [-0.2, 0) is 0 Å². The number of fused-ring (bicyclic) bond motifs is 10. The molecule has 11 rings (SSSR count). The molecule has 0 bridgehead atoms. The average molecular weight is 601 g/mol. The van der Waals surface area contributed by atoms with Crippen molar-refractivity contribution in [2.24, 2.45) is 0 Å². The molecule has 9 aromatic rings. The second kappa shape index (κ2) is 9.18. The zero-order valence-electron chi connectivity index (χ0n) is 25.1. The summed E-state index contributed by atoms with van der Waals surface area (Å²) in [7, 11) is 0. The van der Waals surface area contributed by atoms with E-state index in [4.69, 9.17) is 13.8 Å². The Balaban J connectivity index is 1.08. The molecule has 0 spiro atoms. The SMILES string of the molecule is c1cc2c3c(c1)-c1cc(-c4cccc5c4oc4ccccc45)ccc1OB3c1cccc(-n3c4ccccc4c4ccccc43)c1O2. The van der Waals surface area contributed by atoms with Gasteiger partial charge in [0.1, 0.15) is 28.4 Å². The van der Waals surface area contributed by atoms with Crippen LogP contribution in [0.4, 0.5) is 0 Å². The van der Waals surface area contributed by atoms with Crippen molar-refractivity contribution in [3.05, 3.63) is 146 Å². The molecule has 4 nitrogen and oxygen atoms in total. The molecule has 7 aromatic carbocycles. The van der Waals surface area contributed by atoms with Crippen molar-refractivity contribution in [2.45, 2.75) is 0 Å². The lowest BCUT2D eigenvalue weighted by Gasteiger charge is -2.33. The molecule has 0 unspecified atom stereocenters. The number of nitrogens with zero attached hydrogens (tertiary/aromatic N) is 1. The third kappa shape index (κ3) is 3.38. The second-order valence-electron chi connectivity index (χ2n) is 12.4. The van der Waals surface area contributed by atoms with E-state index in [0.717, 1.165) is 89.1 Å². The van der Waals surface area contributed by atoms with Crippen molar-refractivity contribution in [3.63, 3.8) is 0 Å². The quantitative estimate of drug-likeness (QED) is 0.185. The average Bonchev–Trinajstić information content (AvgIpc) is 3.67. The first-order valence-electron chi connectivity index (χ1n) is 16.0. The predicted octanol–water partition coefficient (Wildman–Crippen LogP) is 9.62. The molecule has 0 atom stereocenters. The monoisotopic (exact) mass is 601 g/mol. The van der Waals surface area contributed by atoms with E-state index in [1.807, 2.05) is 12.1 Å². The van der Waals surface area contributed by atoms with E-state index in [-0.39, 0.29) is 6.92 Å². The summed E-state index contributed by atoms with van der Waals surface area (Å²) < 4.78 is 22.5. The van der Waals surface area contributed by atoms with Crippen LogP contribution in [0.15, 0.2) is 150 Å². The fourth-order valence-electron chi connectivity index (χ4n) is 7.86. The van der Waals surface area contributed by atoms with Crippen molar-refractivity contribution in [3.8, 4) is 45.2 Å². The Hall–Kier alpha value is -6.20. The van der Waals surface area contributed by atoms with Crippen molar-refractivity contribution in [2.75, 3.05) is 0 Å². The summed E-state index contributed by atoms with van der Waals surface area (Å²) in [6.07, 6.45) is 0. The van der Waals surface area contributed by atoms with Gasteiger partial charge in [-0.15, -0.1) is 0 Å². The lowest BCUT2D eigenvalue weighted by molar-refractivity contribution is 0.477. The number of furan rings is 1. The summed E-state index contributed by atoms with van der Waals surface area (Å²) in [5.41, 5.74) is 11.5. The van der Waals surface area contributed by atoms with Gasteiger partial charge in [0, 0.05) is 43.6 Å². The highest BCUT2D eigenvalue weighted by atomic mass is 16.5. The van der Waals surface area contributed by atoms with Gasteiger partial charge in [-0.2, -0.15) is 0 Å². The van der Waals surface area contributed by atoms with Gasteiger partial charge >= 0.3 is 6.92 Å². The smallest absolute Gasteiger partial charge is 0.434 e. The maximum Gasteiger partial charge on any atom is 0.434 e. The van der Waals surface area contributed by atoms with E-state index in [9.17, 15) is 0 Å². The second-order valence-corrected chi connectivity index (χ2v) is 12.4. The van der Waals surface area contributed by atoms with Crippen LogP contribution in [0.1, 0.15) is 0 Å². The summed E-state index contributed by atoms with van der Waals surface area (Å²) >= 11 is 0. The van der Waals surface area contributed by atoms with E-state index >= 15 is 0 Å². The number of hydrogen-bond acceptors (Lipinski definition) is 3. The first kappa shape index (κ1) is 25.0. The molecule has 0 amide bonds. The Morgan fingerprint density at radius 1 is 0.511 bits per heavy atom. The summed E-state index contributed by atoms with van der Waals surface area (Å²) in [5, 5.41) is 4.68. The van der Waals surface area contributed by atoms with Gasteiger partial charge in [-0.3, -0.25) is 0 Å². The molecule has 2 aliphatic rings. The van der Waals surface area contributed by atoms with Crippen molar-refractivity contribution in [1.29, 1.82) is 0 Å². The van der Waals surface area contributed by atoms with E-state index in [1.54, 1.807) is 0 Å². The Bertz CT molecular complexity index is 2720. The van der Waals surface area contributed by atoms with E-state index in [2.05, 4.69) is 138 Å². The molecule has 2 aromatic heterocycles. The molecule has 0 aliphatic carbocycles. The van der Waals surface area contributed by atoms with E-state index in [0.29, 0.717) is 0 Å². The van der Waals surface area contributed by atoms with Crippen LogP contribution in [0.3, 0.4) is 0 Å². The van der Waals surface area contributed by atoms with E-state index < -0.39 is 0 Å². The fraction of sp³-hybridized carbons (Fsp3) is 0. The van der Waals surface area contributed by atoms with Gasteiger partial charge in [0.15, 0.2) is 0 Å². The van der Waals surface area contributed by atoms with E-state index in [1.165, 1.54) is 10.8 Å². The Labute approximate surface area is 270 Å². The van der Waals surface area contributed by atoms with Crippen LogP contribution in [0.5, 0.6) is 17.2 Å². The minimum absolute atomic E-state index is 0.296. The first-order valence-corrected chi connectivity index (χ1v) is 16.0. The molecular weight excluding hydrogens is 577 g/mol. The van der Waals surface area contributed by atoms with Gasteiger partial charge < -0.3 is 18.4 Å². The number of para-hydroxylation sites is 5. The lowest BCUT2D eigenvalue weighted by Crippen LogP contribution is -2.53. The summed E-state index contributed by atoms with van der Waals surface area (Å²) in [6.45, 7) is -0.296. The van der Waals surface area contributed by atoms with Crippen LogP contribution in [0, 0.1) is 0 Å². The number of aromatic nitrogens is 1. The predicted molar refractivity (Wildman–Crippen MR) is 191 cm³/mol. The summed E-state index contributed by atoms with van der Waals surface area (Å²) in [4.78, 5) is 0. The maximum absolute atomic E-state index is 6.93. The molecule has 47 heavy (non-hydrogen) atoms. The van der Waals surface area contributed by atoms with Gasteiger partial charge in [-0.1, -0.05) is 103 Å². The molecule has 0 N–H and O–H groups in total. The molecule has 4 heterocycles. The highest BCUT2D eigenvalue weighted by molar-refractivity contribution is 6.84. The van der Waals surface area contributed by atoms with Crippen LogP contribution >= 0.6 is 0 Å². The van der Waals surface area contributed by atoms with Gasteiger partial charge in [0.05, 0.1) is 16.7 Å². The first-order chi connectivity index (χ1) is 23.3. The van der Waals surface area contributed by atoms with Crippen LogP contribution in [0.25, 0.3) is 71.7 Å². The van der Waals surface area contributed by atoms with Crippen LogP contribution < -0.4 is 20.3 Å². The topological polar surface area (TPSA) is 36.5 Å². The largest absolute Gasteiger partial charge is 0.551 e. The number of rotatable bonds is 2. The molecule has 2 aliphatic heterocycles. The molecular formula is C42H24BNO3. The number of hydrogen-bond donors (Lipinski definition) is 0. The Morgan fingerprint density at radius 3 is 2.06 bits per heavy atom. The maximum atomic E-state index is 6.93. The molecule has 218 valence electrons. The zero-order valence-corrected chi connectivity index (χ0v) is 25.1. The van der Waals surface area contributed by atoms with Crippen molar-refractivity contribution >= 4 is 61.6 Å². The highest BCUT2D eigenvalue weighted by Gasteiger charge is 2.41. The normalized spacial score (nSPS) is 13.0. The standard InChI is InChI=1S/C42H24BNO3/c1-4-17-34-27(10-1)28-11-2-5-18-35(28)44(34)36-19-9-16-33-42(36)46-39-21-8-14-30-32-24-25(22-23-38(32)47-43(33)40(30)39)26-13-7-15-31-29-12-3-6-20-37(29)45-41(26)31/h1-24H. The number of ether oxygens (including phenoxy) is 1. The Morgan fingerprint density at radius 2 is 1.21 bits per heavy atom. The number of benzene rings is 7. The van der Waals surface area contributed by atoms with Crippen molar-refractivity contribution < 1.29 is 13.8 Å². The van der Waals surface area contributed by atoms with Crippen molar-refractivity contribution in [1.82, 2.24) is 4.57 Å². The lowest BCUT2D eigenvalue weighted by atomic mass is 9.50. The summed E-state index contributed by atoms with van der Waals surface area (Å²) in [6, 6.07) is 50.9. The zero-order chi connectivity index (χ0) is 30.6.